The fraction of sp³-hybridized carbons (Fsp3) is 0. The fourth-order valence-electron chi connectivity index (χ4n) is 1.00. The summed E-state index contributed by atoms with van der Waals surface area (Å²) in [6, 6.07) is 4.00. The van der Waals surface area contributed by atoms with Crippen molar-refractivity contribution in [2.45, 2.75) is 0 Å². The summed E-state index contributed by atoms with van der Waals surface area (Å²) in [5.74, 6) is -0.508. The Morgan fingerprint density at radius 2 is 1.92 bits per heavy atom. The summed E-state index contributed by atoms with van der Waals surface area (Å²) in [5.41, 5.74) is 0. The Balaban J connectivity index is 2.83. The molecule has 0 amide bonds. The number of hydrogen-bond donors (Lipinski definition) is 0. The molecule has 2 rings (SSSR count). The van der Waals surface area contributed by atoms with Gasteiger partial charge in [-0.3, -0.25) is 0 Å². The third-order valence-corrected chi connectivity index (χ3v) is 2.71. The van der Waals surface area contributed by atoms with Crippen molar-refractivity contribution in [1.82, 2.24) is 0 Å². The van der Waals surface area contributed by atoms with E-state index in [2.05, 4.69) is 0 Å². The normalized spacial score (nSPS) is 10.9. The highest BCUT2D eigenvalue weighted by atomic mass is 35.5. The number of rotatable bonds is 0. The molecule has 0 unspecified atom stereocenters. The first-order chi connectivity index (χ1) is 5.66. The van der Waals surface area contributed by atoms with Crippen LogP contribution < -0.4 is 0 Å². The molecule has 0 atom stereocenters. The van der Waals surface area contributed by atoms with Gasteiger partial charge in [0.2, 0.25) is 0 Å². The number of hydrogen-bond acceptors (Lipinski definition) is 1. The molecule has 0 bridgehead atoms. The second kappa shape index (κ2) is 2.68. The number of fused-ring (bicyclic) bond motifs is 1. The molecule has 2 aromatic rings. The SMILES string of the molecule is Fc1cc2cc(Cl)c(F)cc2s1. The molecule has 12 heavy (non-hydrogen) atoms. The number of thiophene rings is 1. The zero-order chi connectivity index (χ0) is 8.72. The summed E-state index contributed by atoms with van der Waals surface area (Å²) in [4.78, 5) is 0. The molecule has 4 heteroatoms. The van der Waals surface area contributed by atoms with Gasteiger partial charge in [-0.05, 0) is 23.6 Å². The lowest BCUT2D eigenvalue weighted by atomic mass is 10.2. The van der Waals surface area contributed by atoms with Crippen LogP contribution in [0.15, 0.2) is 18.2 Å². The van der Waals surface area contributed by atoms with Crippen LogP contribution in [0.5, 0.6) is 0 Å². The first-order valence-electron chi connectivity index (χ1n) is 3.21. The van der Waals surface area contributed by atoms with Crippen molar-refractivity contribution in [2.75, 3.05) is 0 Å². The average Bonchev–Trinajstić information content (AvgIpc) is 2.30. The Morgan fingerprint density at radius 3 is 2.67 bits per heavy atom. The first-order valence-corrected chi connectivity index (χ1v) is 4.40. The van der Waals surface area contributed by atoms with Gasteiger partial charge in [-0.25, -0.2) is 4.39 Å². The van der Waals surface area contributed by atoms with Crippen molar-refractivity contribution in [3.63, 3.8) is 0 Å². The molecule has 62 valence electrons. The maximum atomic E-state index is 12.8. The molecular weight excluding hydrogens is 202 g/mol. The molecule has 1 aromatic carbocycles. The topological polar surface area (TPSA) is 0 Å². The Morgan fingerprint density at radius 1 is 1.17 bits per heavy atom. The summed E-state index contributed by atoms with van der Waals surface area (Å²) in [5, 5.41) is 0.343. The van der Waals surface area contributed by atoms with Gasteiger partial charge in [0.1, 0.15) is 5.82 Å². The lowest BCUT2D eigenvalue weighted by Gasteiger charge is -1.92. The van der Waals surface area contributed by atoms with E-state index in [0.29, 0.717) is 10.1 Å². The van der Waals surface area contributed by atoms with Gasteiger partial charge < -0.3 is 0 Å². The van der Waals surface area contributed by atoms with Gasteiger partial charge in [0.15, 0.2) is 5.13 Å². The predicted molar refractivity (Wildman–Crippen MR) is 46.8 cm³/mol. The summed E-state index contributed by atoms with van der Waals surface area (Å²) >= 11 is 6.41. The van der Waals surface area contributed by atoms with E-state index < -0.39 is 5.82 Å². The van der Waals surface area contributed by atoms with Crippen LogP contribution in [0.4, 0.5) is 8.78 Å². The van der Waals surface area contributed by atoms with E-state index in [1.54, 1.807) is 0 Å². The van der Waals surface area contributed by atoms with E-state index in [1.807, 2.05) is 0 Å². The molecule has 0 N–H and O–H groups in total. The maximum absolute atomic E-state index is 12.8. The van der Waals surface area contributed by atoms with Gasteiger partial charge in [0, 0.05) is 4.70 Å². The highest BCUT2D eigenvalue weighted by Gasteiger charge is 2.05. The second-order valence-electron chi connectivity index (χ2n) is 2.35. The summed E-state index contributed by atoms with van der Waals surface area (Å²) < 4.78 is 26.0. The third-order valence-electron chi connectivity index (χ3n) is 1.53. The van der Waals surface area contributed by atoms with Crippen LogP contribution in [0.2, 0.25) is 5.02 Å². The van der Waals surface area contributed by atoms with E-state index >= 15 is 0 Å². The van der Waals surface area contributed by atoms with E-state index in [0.717, 1.165) is 11.3 Å². The van der Waals surface area contributed by atoms with Crippen LogP contribution in [-0.4, -0.2) is 0 Å². The molecule has 0 saturated carbocycles. The largest absolute Gasteiger partial charge is 0.205 e. The van der Waals surface area contributed by atoms with Gasteiger partial charge >= 0.3 is 0 Å². The summed E-state index contributed by atoms with van der Waals surface area (Å²) in [7, 11) is 0. The second-order valence-corrected chi connectivity index (χ2v) is 3.80. The predicted octanol–water partition coefficient (Wildman–Crippen LogP) is 3.83. The smallest absolute Gasteiger partial charge is 0.177 e. The molecule has 0 aliphatic carbocycles. The minimum atomic E-state index is -0.508. The van der Waals surface area contributed by atoms with Crippen LogP contribution >= 0.6 is 22.9 Å². The third kappa shape index (κ3) is 1.19. The summed E-state index contributed by atoms with van der Waals surface area (Å²) in [6.07, 6.45) is 0. The van der Waals surface area contributed by atoms with Gasteiger partial charge in [0.25, 0.3) is 0 Å². The lowest BCUT2D eigenvalue weighted by Crippen LogP contribution is -1.73. The maximum Gasteiger partial charge on any atom is 0.177 e. The molecule has 1 heterocycles. The van der Waals surface area contributed by atoms with Crippen LogP contribution in [0.25, 0.3) is 10.1 Å². The van der Waals surface area contributed by atoms with E-state index in [1.165, 1.54) is 18.2 Å². The van der Waals surface area contributed by atoms with Crippen molar-refractivity contribution in [1.29, 1.82) is 0 Å². The average molecular weight is 205 g/mol. The van der Waals surface area contributed by atoms with Crippen molar-refractivity contribution < 1.29 is 8.78 Å². The van der Waals surface area contributed by atoms with Crippen molar-refractivity contribution in [2.24, 2.45) is 0 Å². The van der Waals surface area contributed by atoms with E-state index in [4.69, 9.17) is 11.6 Å². The van der Waals surface area contributed by atoms with Crippen LogP contribution in [0.3, 0.4) is 0 Å². The van der Waals surface area contributed by atoms with Crippen LogP contribution in [0, 0.1) is 10.9 Å². The van der Waals surface area contributed by atoms with Crippen molar-refractivity contribution >= 4 is 33.0 Å². The monoisotopic (exact) mass is 204 g/mol. The highest BCUT2D eigenvalue weighted by molar-refractivity contribution is 7.17. The van der Waals surface area contributed by atoms with Crippen LogP contribution in [0.1, 0.15) is 0 Å². The molecule has 0 aliphatic rings. The Bertz CT molecular complexity index is 397. The standard InChI is InChI=1S/C8H3ClF2S/c9-5-1-4-2-8(11)12-7(4)3-6(5)10/h1-3H. The zero-order valence-corrected chi connectivity index (χ0v) is 7.35. The molecule has 0 aliphatic heterocycles. The summed E-state index contributed by atoms with van der Waals surface area (Å²) in [6.45, 7) is 0. The van der Waals surface area contributed by atoms with Crippen LogP contribution in [-0.2, 0) is 0 Å². The Labute approximate surface area is 76.4 Å². The molecule has 1 aromatic heterocycles. The van der Waals surface area contributed by atoms with E-state index in [9.17, 15) is 8.78 Å². The fourth-order valence-corrected chi connectivity index (χ4v) is 1.97. The first kappa shape index (κ1) is 7.95. The Hall–Kier alpha value is -0.670. The van der Waals surface area contributed by atoms with Gasteiger partial charge in [0.05, 0.1) is 5.02 Å². The number of benzene rings is 1. The molecule has 0 radical (unpaired) electrons. The number of halogens is 3. The molecule has 0 spiro atoms. The Kier molecular flexibility index (Phi) is 1.77. The van der Waals surface area contributed by atoms with Crippen molar-refractivity contribution in [3.8, 4) is 0 Å². The minimum absolute atomic E-state index is 0.0281. The highest BCUT2D eigenvalue weighted by Crippen LogP contribution is 2.28. The molecular formula is C8H3ClF2S. The molecule has 0 nitrogen and oxygen atoms in total. The minimum Gasteiger partial charge on any atom is -0.205 e. The quantitative estimate of drug-likeness (QED) is 0.612. The van der Waals surface area contributed by atoms with Gasteiger partial charge in [-0.1, -0.05) is 11.6 Å². The van der Waals surface area contributed by atoms with Gasteiger partial charge in [-0.15, -0.1) is 11.3 Å². The van der Waals surface area contributed by atoms with Gasteiger partial charge in [-0.2, -0.15) is 4.39 Å². The molecule has 0 saturated heterocycles. The lowest BCUT2D eigenvalue weighted by molar-refractivity contribution is 0.630. The molecule has 0 fully saturated rings. The zero-order valence-electron chi connectivity index (χ0n) is 5.77. The van der Waals surface area contributed by atoms with Crippen molar-refractivity contribution in [3.05, 3.63) is 34.2 Å². The van der Waals surface area contributed by atoms with E-state index in [-0.39, 0.29) is 10.2 Å².